The monoisotopic (exact) mass is 228 g/mol. The van der Waals surface area contributed by atoms with Crippen molar-refractivity contribution in [3.05, 3.63) is 0 Å². The van der Waals surface area contributed by atoms with Gasteiger partial charge in [0.15, 0.2) is 0 Å². The molecule has 1 aliphatic heterocycles. The summed E-state index contributed by atoms with van der Waals surface area (Å²) in [4.78, 5) is 0. The molecule has 94 valence electrons. The summed E-state index contributed by atoms with van der Waals surface area (Å²) in [5.74, 6) is 0. The highest BCUT2D eigenvalue weighted by atomic mass is 16.5. The molecule has 0 aromatic rings. The van der Waals surface area contributed by atoms with Crippen molar-refractivity contribution in [1.29, 1.82) is 0 Å². The van der Waals surface area contributed by atoms with Crippen LogP contribution in [-0.2, 0) is 4.74 Å². The molecule has 1 unspecified atom stereocenters. The summed E-state index contributed by atoms with van der Waals surface area (Å²) < 4.78 is 5.15. The molecule has 1 rings (SSSR count). The third-order valence-corrected chi connectivity index (χ3v) is 2.95. The van der Waals surface area contributed by atoms with Crippen LogP contribution >= 0.6 is 0 Å². The lowest BCUT2D eigenvalue weighted by Gasteiger charge is -2.25. The van der Waals surface area contributed by atoms with Crippen molar-refractivity contribution < 1.29 is 9.84 Å². The molecule has 0 radical (unpaired) electrons. The van der Waals surface area contributed by atoms with Gasteiger partial charge in [-0.25, -0.2) is 0 Å². The highest BCUT2D eigenvalue weighted by Crippen LogP contribution is 2.20. The summed E-state index contributed by atoms with van der Waals surface area (Å²) in [7, 11) is 1.71. The smallest absolute Gasteiger partial charge is 0.0956 e. The Morgan fingerprint density at radius 1 is 1.56 bits per heavy atom. The second-order valence-electron chi connectivity index (χ2n) is 5.49. The maximum atomic E-state index is 9.85. The molecular weight excluding hydrogens is 204 g/mol. The van der Waals surface area contributed by atoms with E-state index < -0.39 is 6.10 Å². The fraction of sp³-hybridized carbons (Fsp3) is 0.917. The summed E-state index contributed by atoms with van der Waals surface area (Å²) in [5.41, 5.74) is -0.153. The standard InChI is InChI=1S/C12H24N2O2/c1-12(2,3)11(15)8-13-14-7-5-6-10(14)9-16-4/h8,10-11,15H,5-7,9H2,1-4H3/t10-,11?/m0/s1. The summed E-state index contributed by atoms with van der Waals surface area (Å²) in [6.07, 6.45) is 3.41. The molecule has 0 bridgehead atoms. The van der Waals surface area contributed by atoms with Crippen molar-refractivity contribution in [3.63, 3.8) is 0 Å². The van der Waals surface area contributed by atoms with Gasteiger partial charge in [0.25, 0.3) is 0 Å². The lowest BCUT2D eigenvalue weighted by Crippen LogP contribution is -2.32. The van der Waals surface area contributed by atoms with Crippen LogP contribution < -0.4 is 0 Å². The molecule has 1 N–H and O–H groups in total. The topological polar surface area (TPSA) is 45.1 Å². The molecule has 0 aliphatic carbocycles. The minimum Gasteiger partial charge on any atom is -0.387 e. The molecule has 0 saturated carbocycles. The van der Waals surface area contributed by atoms with Crippen molar-refractivity contribution in [2.24, 2.45) is 10.5 Å². The summed E-state index contributed by atoms with van der Waals surface area (Å²) in [6.45, 7) is 7.67. The van der Waals surface area contributed by atoms with Gasteiger partial charge in [-0.1, -0.05) is 20.8 Å². The van der Waals surface area contributed by atoms with Crippen molar-refractivity contribution in [2.45, 2.75) is 45.8 Å². The molecule has 1 aliphatic rings. The van der Waals surface area contributed by atoms with Gasteiger partial charge in [0.05, 0.1) is 25.0 Å². The summed E-state index contributed by atoms with van der Waals surface area (Å²) in [6, 6.07) is 0.369. The van der Waals surface area contributed by atoms with E-state index in [-0.39, 0.29) is 5.41 Å². The molecule has 0 spiro atoms. The predicted octanol–water partition coefficient (Wildman–Crippen LogP) is 1.49. The van der Waals surface area contributed by atoms with Crippen LogP contribution in [0.25, 0.3) is 0 Å². The normalized spacial score (nSPS) is 24.3. The van der Waals surface area contributed by atoms with E-state index in [0.29, 0.717) is 12.6 Å². The third kappa shape index (κ3) is 3.76. The molecule has 0 aromatic carbocycles. The van der Waals surface area contributed by atoms with Crippen LogP contribution in [0, 0.1) is 5.41 Å². The molecule has 4 nitrogen and oxygen atoms in total. The number of aliphatic hydroxyl groups is 1. The van der Waals surface area contributed by atoms with Crippen molar-refractivity contribution in [2.75, 3.05) is 20.3 Å². The SMILES string of the molecule is COC[C@@H]1CCCN1N=CC(O)C(C)(C)C. The Morgan fingerprint density at radius 3 is 2.81 bits per heavy atom. The first-order chi connectivity index (χ1) is 7.45. The number of nitrogens with zero attached hydrogens (tertiary/aromatic N) is 2. The Bertz CT molecular complexity index is 236. The van der Waals surface area contributed by atoms with Crippen LogP contribution in [0.4, 0.5) is 0 Å². The number of hydrazone groups is 1. The Kier molecular flexibility index (Phi) is 4.74. The molecule has 0 amide bonds. The first-order valence-electron chi connectivity index (χ1n) is 5.93. The van der Waals surface area contributed by atoms with E-state index in [2.05, 4.69) is 5.10 Å². The van der Waals surface area contributed by atoms with E-state index in [1.807, 2.05) is 25.8 Å². The van der Waals surface area contributed by atoms with Crippen LogP contribution in [0.15, 0.2) is 5.10 Å². The Morgan fingerprint density at radius 2 is 2.25 bits per heavy atom. The second kappa shape index (κ2) is 5.64. The highest BCUT2D eigenvalue weighted by Gasteiger charge is 2.24. The number of ether oxygens (including phenoxy) is 1. The van der Waals surface area contributed by atoms with Gasteiger partial charge in [0, 0.05) is 13.7 Å². The molecule has 1 saturated heterocycles. The maximum Gasteiger partial charge on any atom is 0.0956 e. The van der Waals surface area contributed by atoms with Crippen molar-refractivity contribution >= 4 is 6.21 Å². The van der Waals surface area contributed by atoms with Gasteiger partial charge in [-0.3, -0.25) is 5.01 Å². The van der Waals surface area contributed by atoms with Gasteiger partial charge < -0.3 is 9.84 Å². The average molecular weight is 228 g/mol. The number of methoxy groups -OCH3 is 1. The number of rotatable bonds is 4. The molecule has 1 heterocycles. The van der Waals surface area contributed by atoms with Crippen LogP contribution in [-0.4, -0.2) is 48.7 Å². The lowest BCUT2D eigenvalue weighted by atomic mass is 9.90. The van der Waals surface area contributed by atoms with E-state index in [9.17, 15) is 5.11 Å². The van der Waals surface area contributed by atoms with Gasteiger partial charge in [-0.2, -0.15) is 5.10 Å². The molecule has 16 heavy (non-hydrogen) atoms. The van der Waals surface area contributed by atoms with Crippen LogP contribution in [0.3, 0.4) is 0 Å². The maximum absolute atomic E-state index is 9.85. The fourth-order valence-electron chi connectivity index (χ4n) is 1.71. The van der Waals surface area contributed by atoms with Crippen LogP contribution in [0.2, 0.25) is 0 Å². The Labute approximate surface area is 98.3 Å². The first kappa shape index (κ1) is 13.5. The second-order valence-corrected chi connectivity index (χ2v) is 5.49. The number of aliphatic hydroxyl groups excluding tert-OH is 1. The molecule has 4 heteroatoms. The van der Waals surface area contributed by atoms with E-state index >= 15 is 0 Å². The lowest BCUT2D eigenvalue weighted by molar-refractivity contribution is 0.109. The summed E-state index contributed by atoms with van der Waals surface area (Å²) in [5, 5.41) is 16.2. The Hall–Kier alpha value is -0.610. The number of hydrogen-bond acceptors (Lipinski definition) is 4. The molecular formula is C12H24N2O2. The highest BCUT2D eigenvalue weighted by molar-refractivity contribution is 5.63. The van der Waals surface area contributed by atoms with Crippen LogP contribution in [0.1, 0.15) is 33.6 Å². The summed E-state index contributed by atoms with van der Waals surface area (Å²) >= 11 is 0. The minimum absolute atomic E-state index is 0.153. The van der Waals surface area contributed by atoms with Gasteiger partial charge in [-0.15, -0.1) is 0 Å². The van der Waals surface area contributed by atoms with E-state index in [1.165, 1.54) is 0 Å². The van der Waals surface area contributed by atoms with Crippen LogP contribution in [0.5, 0.6) is 0 Å². The zero-order chi connectivity index (χ0) is 12.2. The van der Waals surface area contributed by atoms with Gasteiger partial charge >= 0.3 is 0 Å². The zero-order valence-electron chi connectivity index (χ0n) is 10.8. The van der Waals surface area contributed by atoms with E-state index in [4.69, 9.17) is 4.74 Å². The molecule has 0 aromatic heterocycles. The largest absolute Gasteiger partial charge is 0.387 e. The average Bonchev–Trinajstić information content (AvgIpc) is 2.61. The number of hydrogen-bond donors (Lipinski definition) is 1. The minimum atomic E-state index is -0.503. The van der Waals surface area contributed by atoms with E-state index in [0.717, 1.165) is 19.4 Å². The quantitative estimate of drug-likeness (QED) is 0.741. The zero-order valence-corrected chi connectivity index (χ0v) is 10.8. The van der Waals surface area contributed by atoms with E-state index in [1.54, 1.807) is 13.3 Å². The third-order valence-electron chi connectivity index (χ3n) is 2.95. The molecule has 1 fully saturated rings. The Balaban J connectivity index is 2.49. The molecule has 2 atom stereocenters. The van der Waals surface area contributed by atoms with Gasteiger partial charge in [0.1, 0.15) is 0 Å². The van der Waals surface area contributed by atoms with Crippen molar-refractivity contribution in [3.8, 4) is 0 Å². The predicted molar refractivity (Wildman–Crippen MR) is 65.6 cm³/mol. The van der Waals surface area contributed by atoms with Crippen molar-refractivity contribution in [1.82, 2.24) is 5.01 Å². The van der Waals surface area contributed by atoms with Gasteiger partial charge in [0.2, 0.25) is 0 Å². The van der Waals surface area contributed by atoms with Gasteiger partial charge in [-0.05, 0) is 18.3 Å². The fourth-order valence-corrected chi connectivity index (χ4v) is 1.71. The first-order valence-corrected chi connectivity index (χ1v) is 5.93.